The van der Waals surface area contributed by atoms with Gasteiger partial charge in [0.15, 0.2) is 0 Å². The van der Waals surface area contributed by atoms with Crippen molar-refractivity contribution in [1.82, 2.24) is 0 Å². The van der Waals surface area contributed by atoms with Gasteiger partial charge in [-0.2, -0.15) is 0 Å². The quantitative estimate of drug-likeness (QED) is 0.0578. The van der Waals surface area contributed by atoms with Crippen LogP contribution in [0.4, 0.5) is 0 Å². The van der Waals surface area contributed by atoms with Gasteiger partial charge in [-0.3, -0.25) is 0 Å². The van der Waals surface area contributed by atoms with Gasteiger partial charge in [0.1, 0.15) is 0 Å². The third kappa shape index (κ3) is 38.6. The van der Waals surface area contributed by atoms with Crippen LogP contribution in [0, 0.1) is 0 Å². The van der Waals surface area contributed by atoms with E-state index in [1.165, 1.54) is 205 Å². The van der Waals surface area contributed by atoms with Gasteiger partial charge in [-0.05, 0) is 0 Å². The Kier molecular flexibility index (Phi) is 42.4. The summed E-state index contributed by atoms with van der Waals surface area (Å²) in [6.45, 7) is 4.62. The van der Waals surface area contributed by atoms with E-state index in [2.05, 4.69) is 13.8 Å². The van der Waals surface area contributed by atoms with Crippen LogP contribution < -0.4 is 0 Å². The van der Waals surface area contributed by atoms with E-state index in [1.807, 2.05) is 0 Å². The van der Waals surface area contributed by atoms with Gasteiger partial charge >= 0.3 is 167 Å². The molecule has 0 aliphatic rings. The van der Waals surface area contributed by atoms with Crippen molar-refractivity contribution in [2.24, 2.45) is 0 Å². The first-order valence-corrected chi connectivity index (χ1v) is 19.9. The smallest absolute Gasteiger partial charge is 0.870 e. The Labute approximate surface area is 249 Å². The van der Waals surface area contributed by atoms with Crippen LogP contribution in [-0.4, -0.2) is 20.7 Å². The van der Waals surface area contributed by atoms with Crippen LogP contribution in [0.25, 0.3) is 0 Å². The first-order chi connectivity index (χ1) is 18.4. The third-order valence-electron chi connectivity index (χ3n) is 8.52. The van der Waals surface area contributed by atoms with Crippen LogP contribution in [0.15, 0.2) is 0 Å². The molecule has 1 N–H and O–H groups in total. The van der Waals surface area contributed by atoms with Crippen molar-refractivity contribution in [1.29, 1.82) is 0 Å². The Morgan fingerprint density at radius 1 is 0.237 bits per heavy atom. The summed E-state index contributed by atoms with van der Waals surface area (Å²) in [5, 5.41) is 3.16. The molecule has 0 aromatic carbocycles. The van der Waals surface area contributed by atoms with Gasteiger partial charge in [-0.15, -0.1) is 0 Å². The molecule has 228 valence electrons. The van der Waals surface area contributed by atoms with Crippen LogP contribution in [0.3, 0.4) is 0 Å². The van der Waals surface area contributed by atoms with E-state index in [0.717, 1.165) is 15.2 Å². The van der Waals surface area contributed by atoms with Crippen molar-refractivity contribution in [2.45, 2.75) is 230 Å². The molecule has 2 heteroatoms. The molecule has 0 saturated heterocycles. The first kappa shape index (κ1) is 40.6. The van der Waals surface area contributed by atoms with E-state index >= 15 is 0 Å². The number of rotatable bonds is 34. The molecular weight excluding hydrogens is 475 g/mol. The molecular formula is C36H75AlO. The maximum absolute atomic E-state index is 2.31. The molecule has 0 aliphatic heterocycles. The molecule has 38 heavy (non-hydrogen) atoms. The maximum atomic E-state index is 2.31. The van der Waals surface area contributed by atoms with Gasteiger partial charge < -0.3 is 5.48 Å². The second-order valence-electron chi connectivity index (χ2n) is 12.5. The van der Waals surface area contributed by atoms with E-state index in [9.17, 15) is 0 Å². The van der Waals surface area contributed by atoms with Crippen molar-refractivity contribution in [3.8, 4) is 0 Å². The predicted octanol–water partition coefficient (Wildman–Crippen LogP) is 13.9. The summed E-state index contributed by atoms with van der Waals surface area (Å²) in [6, 6.07) is 0. The average Bonchev–Trinajstić information content (AvgIpc) is 2.91. The van der Waals surface area contributed by atoms with Crippen molar-refractivity contribution in [3.05, 3.63) is 0 Å². The van der Waals surface area contributed by atoms with Crippen LogP contribution in [-0.2, 0) is 0 Å². The van der Waals surface area contributed by atoms with Crippen molar-refractivity contribution in [2.75, 3.05) is 0 Å². The normalized spacial score (nSPS) is 11.0. The van der Waals surface area contributed by atoms with E-state index in [-0.39, 0.29) is 5.48 Å². The molecule has 0 rings (SSSR count). The molecule has 0 saturated carbocycles. The molecule has 0 aliphatic carbocycles. The van der Waals surface area contributed by atoms with Gasteiger partial charge in [0.25, 0.3) is 0 Å². The summed E-state index contributed by atoms with van der Waals surface area (Å²) in [5.74, 6) is 0. The number of hydrogen-bond donors (Lipinski definition) is 0. The summed E-state index contributed by atoms with van der Waals surface area (Å²) >= 11 is 0.768. The summed E-state index contributed by atoms with van der Waals surface area (Å²) in [4.78, 5) is 0. The van der Waals surface area contributed by atoms with E-state index in [0.29, 0.717) is 0 Å². The van der Waals surface area contributed by atoms with Gasteiger partial charge in [0, 0.05) is 0 Å². The van der Waals surface area contributed by atoms with Crippen molar-refractivity contribution in [3.63, 3.8) is 0 Å². The molecule has 0 aromatic rings. The van der Waals surface area contributed by atoms with E-state index < -0.39 is 0 Å². The van der Waals surface area contributed by atoms with Gasteiger partial charge in [0.2, 0.25) is 0 Å². The van der Waals surface area contributed by atoms with Crippen LogP contribution >= 0.6 is 0 Å². The first-order valence-electron chi connectivity index (χ1n) is 18.2. The topological polar surface area (TPSA) is 30.0 Å². The summed E-state index contributed by atoms with van der Waals surface area (Å²) < 4.78 is 0. The van der Waals surface area contributed by atoms with E-state index in [1.54, 1.807) is 10.6 Å². The van der Waals surface area contributed by atoms with Crippen LogP contribution in [0.1, 0.15) is 219 Å². The standard InChI is InChI=1S/2C18H37.Al.H2O/c2*1-3-5-7-9-11-13-15-17-18-16-14-12-10-8-6-4-2;;/h2*1,3-18H2,2H3;;1H2/q;;+1;/p-1. The number of hydrogen-bond acceptors (Lipinski definition) is 1. The summed E-state index contributed by atoms with van der Waals surface area (Å²) in [5.41, 5.74) is 0. The Hall–Kier alpha value is 0.492. The monoisotopic (exact) mass is 551 g/mol. The Morgan fingerprint density at radius 3 is 0.579 bits per heavy atom. The van der Waals surface area contributed by atoms with Crippen molar-refractivity contribution < 1.29 is 5.48 Å². The van der Waals surface area contributed by atoms with Crippen LogP contribution in [0.2, 0.25) is 10.6 Å². The summed E-state index contributed by atoms with van der Waals surface area (Å²) in [6.07, 6.45) is 47.6. The fourth-order valence-corrected chi connectivity index (χ4v) is 7.26. The molecule has 0 unspecified atom stereocenters. The SMILES string of the molecule is CCCCCCCCCCCCCCCCC[CH2][Al+][CH2]CCCCCCCCCCCCCCCCC.[OH-]. The molecule has 0 radical (unpaired) electrons. The Balaban J connectivity index is 0. The predicted molar refractivity (Wildman–Crippen MR) is 176 cm³/mol. The zero-order valence-electron chi connectivity index (χ0n) is 27.1. The zero-order chi connectivity index (χ0) is 26.7. The Morgan fingerprint density at radius 2 is 0.395 bits per heavy atom. The molecule has 0 spiro atoms. The van der Waals surface area contributed by atoms with Gasteiger partial charge in [-0.1, -0.05) is 78.1 Å². The second kappa shape index (κ2) is 39.6. The molecule has 0 amide bonds. The fourth-order valence-electron chi connectivity index (χ4n) is 5.82. The minimum absolute atomic E-state index is 0. The third-order valence-corrected chi connectivity index (χ3v) is 10.2. The molecule has 0 bridgehead atoms. The second-order valence-corrected chi connectivity index (χ2v) is 14.2. The zero-order valence-corrected chi connectivity index (χ0v) is 28.2. The minimum Gasteiger partial charge on any atom is -0.870 e. The average molecular weight is 551 g/mol. The van der Waals surface area contributed by atoms with Crippen molar-refractivity contribution >= 4 is 15.2 Å². The minimum atomic E-state index is 0. The molecule has 0 atom stereocenters. The van der Waals surface area contributed by atoms with Crippen LogP contribution in [0.5, 0.6) is 0 Å². The Bertz CT molecular complexity index is 338. The molecule has 1 nitrogen and oxygen atoms in total. The summed E-state index contributed by atoms with van der Waals surface area (Å²) in [7, 11) is 0. The fraction of sp³-hybridized carbons (Fsp3) is 1.00. The van der Waals surface area contributed by atoms with Gasteiger partial charge in [-0.25, -0.2) is 0 Å². The molecule has 0 fully saturated rings. The molecule has 0 aromatic heterocycles. The van der Waals surface area contributed by atoms with Gasteiger partial charge in [0.05, 0.1) is 0 Å². The molecule has 0 heterocycles. The number of unbranched alkanes of at least 4 members (excludes halogenated alkanes) is 30. The van der Waals surface area contributed by atoms with E-state index in [4.69, 9.17) is 0 Å².